The van der Waals surface area contributed by atoms with Gasteiger partial charge in [0, 0.05) is 18.7 Å². The average molecular weight is 388 g/mol. The SMILES string of the molecule is O=c1ccn([C@@H]2CC(O)[C@H](COP(=O)(O)OP(=O)(O)O)O2)c(=O)[nH]1. The van der Waals surface area contributed by atoms with Crippen molar-refractivity contribution in [3.05, 3.63) is 33.1 Å². The van der Waals surface area contributed by atoms with Crippen LogP contribution in [0.1, 0.15) is 12.6 Å². The number of H-pyrrole nitrogens is 1. The molecule has 136 valence electrons. The van der Waals surface area contributed by atoms with Crippen molar-refractivity contribution in [3.63, 3.8) is 0 Å². The van der Waals surface area contributed by atoms with Crippen molar-refractivity contribution >= 4 is 15.6 Å². The molecule has 2 rings (SSSR count). The maximum atomic E-state index is 11.6. The van der Waals surface area contributed by atoms with Gasteiger partial charge in [-0.15, -0.1) is 0 Å². The number of aliphatic hydroxyl groups excluding tert-OH is 1. The van der Waals surface area contributed by atoms with Gasteiger partial charge in [0.25, 0.3) is 5.56 Å². The molecular formula is C9H14N2O11P2. The molecule has 0 amide bonds. The fourth-order valence-corrected chi connectivity index (χ4v) is 3.61. The second-order valence-corrected chi connectivity index (χ2v) is 7.62. The van der Waals surface area contributed by atoms with E-state index in [-0.39, 0.29) is 6.42 Å². The number of aromatic amines is 1. The van der Waals surface area contributed by atoms with Crippen molar-refractivity contribution in [1.29, 1.82) is 0 Å². The Kier molecular flexibility index (Phi) is 5.60. The van der Waals surface area contributed by atoms with Crippen LogP contribution in [0.3, 0.4) is 0 Å². The minimum Gasteiger partial charge on any atom is -0.390 e. The number of rotatable bonds is 6. The van der Waals surface area contributed by atoms with E-state index in [4.69, 9.17) is 19.4 Å². The third-order valence-electron chi connectivity index (χ3n) is 2.98. The molecule has 0 spiro atoms. The maximum absolute atomic E-state index is 11.6. The Morgan fingerprint density at radius 2 is 2.00 bits per heavy atom. The average Bonchev–Trinajstić information content (AvgIpc) is 2.75. The zero-order chi connectivity index (χ0) is 18.1. The highest BCUT2D eigenvalue weighted by atomic mass is 31.3. The first kappa shape index (κ1) is 19.2. The van der Waals surface area contributed by atoms with Crippen molar-refractivity contribution < 1.29 is 42.5 Å². The number of phosphoric acid groups is 2. The van der Waals surface area contributed by atoms with Crippen LogP contribution in [0.15, 0.2) is 21.9 Å². The van der Waals surface area contributed by atoms with E-state index >= 15 is 0 Å². The van der Waals surface area contributed by atoms with Crippen LogP contribution in [0.2, 0.25) is 0 Å². The summed E-state index contributed by atoms with van der Waals surface area (Å²) in [5.41, 5.74) is -1.40. The first-order valence-electron chi connectivity index (χ1n) is 6.36. The Balaban J connectivity index is 2.01. The van der Waals surface area contributed by atoms with Crippen LogP contribution in [0.4, 0.5) is 0 Å². The number of ether oxygens (including phenoxy) is 1. The van der Waals surface area contributed by atoms with E-state index in [2.05, 4.69) is 8.83 Å². The molecule has 0 saturated carbocycles. The number of hydrogen-bond donors (Lipinski definition) is 5. The van der Waals surface area contributed by atoms with Gasteiger partial charge in [0.2, 0.25) is 0 Å². The molecule has 1 fully saturated rings. The van der Waals surface area contributed by atoms with Crippen LogP contribution in [-0.4, -0.2) is 48.2 Å². The summed E-state index contributed by atoms with van der Waals surface area (Å²) in [5, 5.41) is 9.84. The minimum absolute atomic E-state index is 0.0882. The molecular weight excluding hydrogens is 374 g/mol. The van der Waals surface area contributed by atoms with E-state index in [1.807, 2.05) is 4.98 Å². The van der Waals surface area contributed by atoms with Crippen molar-refractivity contribution in [2.75, 3.05) is 6.61 Å². The summed E-state index contributed by atoms with van der Waals surface area (Å²) < 4.78 is 36.1. The summed E-state index contributed by atoms with van der Waals surface area (Å²) >= 11 is 0. The summed E-state index contributed by atoms with van der Waals surface area (Å²) in [6.07, 6.45) is -2.29. The highest BCUT2D eigenvalue weighted by Crippen LogP contribution is 2.57. The Morgan fingerprint density at radius 3 is 2.58 bits per heavy atom. The van der Waals surface area contributed by atoms with Crippen LogP contribution in [0, 0.1) is 0 Å². The minimum atomic E-state index is -5.26. The fraction of sp³-hybridized carbons (Fsp3) is 0.556. The summed E-state index contributed by atoms with van der Waals surface area (Å²) in [7, 11) is -10.3. The second kappa shape index (κ2) is 7.00. The molecule has 0 aromatic carbocycles. The van der Waals surface area contributed by atoms with E-state index in [1.54, 1.807) is 0 Å². The van der Waals surface area contributed by atoms with Crippen molar-refractivity contribution in [2.45, 2.75) is 24.9 Å². The van der Waals surface area contributed by atoms with Gasteiger partial charge in [0.05, 0.1) is 12.7 Å². The quantitative estimate of drug-likeness (QED) is 0.352. The number of nitrogens with one attached hydrogen (secondary N) is 1. The zero-order valence-electron chi connectivity index (χ0n) is 11.8. The molecule has 4 atom stereocenters. The Bertz CT molecular complexity index is 797. The smallest absolute Gasteiger partial charge is 0.390 e. The van der Waals surface area contributed by atoms with Gasteiger partial charge in [0.1, 0.15) is 12.3 Å². The third kappa shape index (κ3) is 5.18. The van der Waals surface area contributed by atoms with Gasteiger partial charge in [-0.1, -0.05) is 0 Å². The first-order chi connectivity index (χ1) is 11.0. The van der Waals surface area contributed by atoms with Gasteiger partial charge < -0.3 is 24.5 Å². The van der Waals surface area contributed by atoms with E-state index in [9.17, 15) is 23.8 Å². The van der Waals surface area contributed by atoms with Crippen LogP contribution in [0.5, 0.6) is 0 Å². The van der Waals surface area contributed by atoms with Crippen LogP contribution in [-0.2, 0) is 22.7 Å². The first-order valence-corrected chi connectivity index (χ1v) is 9.39. The van der Waals surface area contributed by atoms with Crippen molar-refractivity contribution in [1.82, 2.24) is 9.55 Å². The zero-order valence-corrected chi connectivity index (χ0v) is 13.6. The Hall–Kier alpha value is -1.14. The Morgan fingerprint density at radius 1 is 1.33 bits per heavy atom. The maximum Gasteiger partial charge on any atom is 0.481 e. The predicted molar refractivity (Wildman–Crippen MR) is 74.8 cm³/mol. The number of aliphatic hydroxyl groups is 1. The molecule has 2 unspecified atom stereocenters. The highest BCUT2D eigenvalue weighted by molar-refractivity contribution is 7.60. The van der Waals surface area contributed by atoms with Crippen LogP contribution >= 0.6 is 15.6 Å². The molecule has 24 heavy (non-hydrogen) atoms. The number of nitrogens with zero attached hydrogens (tertiary/aromatic N) is 1. The van der Waals surface area contributed by atoms with E-state index in [0.29, 0.717) is 0 Å². The Labute approximate surface area is 133 Å². The van der Waals surface area contributed by atoms with E-state index < -0.39 is 51.9 Å². The normalized spacial score (nSPS) is 27.1. The molecule has 15 heteroatoms. The molecule has 1 saturated heterocycles. The lowest BCUT2D eigenvalue weighted by Crippen LogP contribution is -2.31. The number of hydrogen-bond acceptors (Lipinski definition) is 8. The largest absolute Gasteiger partial charge is 0.481 e. The summed E-state index contributed by atoms with van der Waals surface area (Å²) in [4.78, 5) is 50.7. The van der Waals surface area contributed by atoms with Crippen molar-refractivity contribution in [3.8, 4) is 0 Å². The molecule has 2 heterocycles. The molecule has 0 bridgehead atoms. The van der Waals surface area contributed by atoms with E-state index in [0.717, 1.165) is 16.8 Å². The van der Waals surface area contributed by atoms with Crippen LogP contribution in [0.25, 0.3) is 0 Å². The summed E-state index contributed by atoms with van der Waals surface area (Å²) in [5.74, 6) is 0. The lowest BCUT2D eigenvalue weighted by Gasteiger charge is -2.18. The van der Waals surface area contributed by atoms with Gasteiger partial charge in [-0.25, -0.2) is 13.9 Å². The molecule has 13 nitrogen and oxygen atoms in total. The third-order valence-corrected chi connectivity index (χ3v) is 5.13. The lowest BCUT2D eigenvalue weighted by molar-refractivity contribution is -0.0450. The molecule has 5 N–H and O–H groups in total. The van der Waals surface area contributed by atoms with Gasteiger partial charge in [-0.2, -0.15) is 4.31 Å². The molecule has 0 radical (unpaired) electrons. The molecule has 1 aliphatic heterocycles. The summed E-state index contributed by atoms with van der Waals surface area (Å²) in [6.45, 7) is -0.733. The van der Waals surface area contributed by atoms with Gasteiger partial charge in [-0.05, 0) is 0 Å². The monoisotopic (exact) mass is 388 g/mol. The lowest BCUT2D eigenvalue weighted by atomic mass is 10.2. The van der Waals surface area contributed by atoms with Gasteiger partial charge in [-0.3, -0.25) is 18.9 Å². The predicted octanol–water partition coefficient (Wildman–Crippen LogP) is -1.59. The molecule has 1 aliphatic rings. The van der Waals surface area contributed by atoms with Crippen molar-refractivity contribution in [2.24, 2.45) is 0 Å². The number of phosphoric ester groups is 1. The molecule has 1 aromatic heterocycles. The van der Waals surface area contributed by atoms with E-state index in [1.165, 1.54) is 0 Å². The topological polar surface area (TPSA) is 198 Å². The molecule has 1 aromatic rings. The fourth-order valence-electron chi connectivity index (χ4n) is 2.02. The standard InChI is InChI=1S/C9H14N2O11P2/c12-5-3-8(11-2-1-7(13)10-9(11)14)21-6(5)4-20-24(18,19)22-23(15,16)17/h1-2,5-6,8,12H,3-4H2,(H,18,19)(H,10,13,14)(H2,15,16,17)/t5?,6-,8-/m0/s1. The summed E-state index contributed by atoms with van der Waals surface area (Å²) in [6, 6.07) is 1.07. The molecule has 0 aliphatic carbocycles. The van der Waals surface area contributed by atoms with Gasteiger partial charge >= 0.3 is 21.3 Å². The second-order valence-electron chi connectivity index (χ2n) is 4.79. The van der Waals surface area contributed by atoms with Crippen LogP contribution < -0.4 is 11.2 Å². The highest BCUT2D eigenvalue weighted by Gasteiger charge is 2.39. The van der Waals surface area contributed by atoms with Gasteiger partial charge in [0.15, 0.2) is 0 Å². The number of aromatic nitrogens is 2.